The van der Waals surface area contributed by atoms with Gasteiger partial charge < -0.3 is 20.3 Å². The minimum Gasteiger partial charge on any atom is -0.487 e. The second kappa shape index (κ2) is 9.24. The van der Waals surface area contributed by atoms with Gasteiger partial charge in [-0.15, -0.1) is 0 Å². The molecule has 1 amide bonds. The number of hydrogen-bond donors (Lipinski definition) is 2. The van der Waals surface area contributed by atoms with Crippen molar-refractivity contribution in [1.82, 2.24) is 14.9 Å². The highest BCUT2D eigenvalue weighted by Gasteiger charge is 2.24. The molecule has 2 aromatic carbocycles. The van der Waals surface area contributed by atoms with Gasteiger partial charge in [0, 0.05) is 24.5 Å². The predicted octanol–water partition coefficient (Wildman–Crippen LogP) is 4.81. The largest absolute Gasteiger partial charge is 0.487 e. The smallest absolute Gasteiger partial charge is 0.283 e. The van der Waals surface area contributed by atoms with E-state index in [1.165, 1.54) is 18.5 Å². The zero-order valence-corrected chi connectivity index (χ0v) is 18.2. The molecule has 1 aliphatic rings. The average molecular weight is 478 g/mol. The number of likely N-dealkylation sites (N-methyl/N-ethyl adjacent to an activating group) is 1. The maximum Gasteiger partial charge on any atom is 0.283 e. The topological polar surface area (TPSA) is 79.4 Å². The van der Waals surface area contributed by atoms with Gasteiger partial charge in [-0.3, -0.25) is 4.79 Å². The minimum absolute atomic E-state index is 0.113. The van der Waals surface area contributed by atoms with Crippen LogP contribution in [-0.4, -0.2) is 47.0 Å². The summed E-state index contributed by atoms with van der Waals surface area (Å²) in [6.07, 6.45) is 1.90. The molecular weight excluding hydrogens is 459 g/mol. The lowest BCUT2D eigenvalue weighted by Crippen LogP contribution is -2.22. The summed E-state index contributed by atoms with van der Waals surface area (Å²) in [4.78, 5) is 22.4. The van der Waals surface area contributed by atoms with Crippen LogP contribution in [0.3, 0.4) is 0 Å². The number of nitrogens with zero attached hydrogens (tertiary/aromatic N) is 3. The molecule has 1 fully saturated rings. The summed E-state index contributed by atoms with van der Waals surface area (Å²) in [5.41, 5.74) is 0.467. The third-order valence-electron chi connectivity index (χ3n) is 5.16. The van der Waals surface area contributed by atoms with Gasteiger partial charge in [0.15, 0.2) is 11.6 Å². The first-order valence-electron chi connectivity index (χ1n) is 9.93. The first-order valence-corrected chi connectivity index (χ1v) is 10.3. The van der Waals surface area contributed by atoms with Crippen molar-refractivity contribution >= 4 is 45.6 Å². The van der Waals surface area contributed by atoms with Crippen LogP contribution in [0.25, 0.3) is 10.9 Å². The van der Waals surface area contributed by atoms with Crippen molar-refractivity contribution in [2.24, 2.45) is 0 Å². The number of halogens is 4. The standard InChI is InChI=1S/C22H19ClF3N5O2/c1-11(24)22(32)30-17-7-13-16(8-18(17)33-12-5-6-31(2)9-12)27-10-28-21(13)29-15-4-3-14(25)19(23)20(15)26/h3-4,7-8,10,12H,1,5-6,9H2,2H3,(H,30,32)(H,27,28,29)/t12-/m1/s1. The molecule has 0 bridgehead atoms. The van der Waals surface area contributed by atoms with Gasteiger partial charge in [0.2, 0.25) is 0 Å². The molecule has 7 nitrogen and oxygen atoms in total. The number of fused-ring (bicyclic) bond motifs is 1. The Kier molecular flexibility index (Phi) is 6.39. The molecule has 0 saturated carbocycles. The second-order valence-corrected chi connectivity index (χ2v) is 7.96. The van der Waals surface area contributed by atoms with Crippen molar-refractivity contribution in [3.8, 4) is 5.75 Å². The van der Waals surface area contributed by atoms with E-state index in [1.807, 2.05) is 7.05 Å². The van der Waals surface area contributed by atoms with Gasteiger partial charge >= 0.3 is 0 Å². The molecule has 1 atom stereocenters. The molecule has 1 saturated heterocycles. The number of carbonyl (C=O) groups is 1. The summed E-state index contributed by atoms with van der Waals surface area (Å²) >= 11 is 5.66. The molecule has 0 aliphatic carbocycles. The summed E-state index contributed by atoms with van der Waals surface area (Å²) in [5.74, 6) is -3.65. The maximum atomic E-state index is 14.4. The molecule has 11 heteroatoms. The molecule has 2 N–H and O–H groups in total. The van der Waals surface area contributed by atoms with E-state index in [-0.39, 0.29) is 29.0 Å². The van der Waals surface area contributed by atoms with E-state index in [0.717, 1.165) is 19.0 Å². The Morgan fingerprint density at radius 2 is 2.06 bits per heavy atom. The van der Waals surface area contributed by atoms with Crippen LogP contribution in [-0.2, 0) is 4.79 Å². The third kappa shape index (κ3) is 4.86. The quantitative estimate of drug-likeness (QED) is 0.392. The van der Waals surface area contributed by atoms with Crippen LogP contribution < -0.4 is 15.4 Å². The molecule has 1 aliphatic heterocycles. The monoisotopic (exact) mass is 477 g/mol. The number of ether oxygens (including phenoxy) is 1. The maximum absolute atomic E-state index is 14.4. The van der Waals surface area contributed by atoms with Crippen LogP contribution in [0.2, 0.25) is 5.02 Å². The lowest BCUT2D eigenvalue weighted by Gasteiger charge is -2.18. The Morgan fingerprint density at radius 3 is 2.76 bits per heavy atom. The van der Waals surface area contributed by atoms with Gasteiger partial charge in [-0.1, -0.05) is 18.2 Å². The van der Waals surface area contributed by atoms with Gasteiger partial charge in [-0.2, -0.15) is 0 Å². The number of nitrogens with one attached hydrogen (secondary N) is 2. The van der Waals surface area contributed by atoms with E-state index < -0.39 is 28.4 Å². The Bertz CT molecular complexity index is 1260. The van der Waals surface area contributed by atoms with Crippen LogP contribution in [0.4, 0.5) is 30.4 Å². The Labute approximate surface area is 192 Å². The summed E-state index contributed by atoms with van der Waals surface area (Å²) in [7, 11) is 1.96. The molecule has 0 spiro atoms. The predicted molar refractivity (Wildman–Crippen MR) is 120 cm³/mol. The molecule has 4 rings (SSSR count). The summed E-state index contributed by atoms with van der Waals surface area (Å²) in [5, 5.41) is 4.89. The number of hydrogen-bond acceptors (Lipinski definition) is 6. The number of likely N-dealkylation sites (tertiary alicyclic amines) is 1. The van der Waals surface area contributed by atoms with Gasteiger partial charge in [0.05, 0.1) is 16.9 Å². The fourth-order valence-electron chi connectivity index (χ4n) is 3.49. The zero-order valence-electron chi connectivity index (χ0n) is 17.5. The molecule has 2 heterocycles. The second-order valence-electron chi connectivity index (χ2n) is 7.59. The third-order valence-corrected chi connectivity index (χ3v) is 5.51. The van der Waals surface area contributed by atoms with Gasteiger partial charge in [-0.25, -0.2) is 23.1 Å². The fourth-order valence-corrected chi connectivity index (χ4v) is 3.65. The minimum atomic E-state index is -1.17. The number of aromatic nitrogens is 2. The molecule has 3 aromatic rings. The summed E-state index contributed by atoms with van der Waals surface area (Å²) in [6.45, 7) is 4.54. The van der Waals surface area contributed by atoms with Crippen molar-refractivity contribution in [3.63, 3.8) is 0 Å². The van der Waals surface area contributed by atoms with Crippen molar-refractivity contribution in [1.29, 1.82) is 0 Å². The van der Waals surface area contributed by atoms with E-state index in [4.69, 9.17) is 16.3 Å². The average Bonchev–Trinajstić information content (AvgIpc) is 3.19. The van der Waals surface area contributed by atoms with E-state index in [2.05, 4.69) is 32.1 Å². The van der Waals surface area contributed by atoms with Crippen molar-refractivity contribution in [2.45, 2.75) is 12.5 Å². The number of benzene rings is 2. The zero-order chi connectivity index (χ0) is 23.7. The highest BCUT2D eigenvalue weighted by atomic mass is 35.5. The van der Waals surface area contributed by atoms with E-state index in [9.17, 15) is 18.0 Å². The highest BCUT2D eigenvalue weighted by molar-refractivity contribution is 6.31. The number of carbonyl (C=O) groups excluding carboxylic acids is 1. The molecule has 172 valence electrons. The molecule has 33 heavy (non-hydrogen) atoms. The number of amides is 1. The van der Waals surface area contributed by atoms with Crippen LogP contribution in [0.15, 0.2) is 43.0 Å². The van der Waals surface area contributed by atoms with Crippen molar-refractivity contribution in [3.05, 3.63) is 59.7 Å². The number of anilines is 3. The van der Waals surface area contributed by atoms with Gasteiger partial charge in [0.1, 0.15) is 34.8 Å². The lowest BCUT2D eigenvalue weighted by molar-refractivity contribution is -0.114. The first kappa shape index (κ1) is 22.8. The van der Waals surface area contributed by atoms with E-state index in [0.29, 0.717) is 17.4 Å². The van der Waals surface area contributed by atoms with Crippen LogP contribution in [0, 0.1) is 11.6 Å². The van der Waals surface area contributed by atoms with E-state index in [1.54, 1.807) is 6.07 Å². The number of rotatable bonds is 6. The summed E-state index contributed by atoms with van der Waals surface area (Å²) < 4.78 is 47.4. The van der Waals surface area contributed by atoms with Gasteiger partial charge in [-0.05, 0) is 31.7 Å². The molecular formula is C22H19ClF3N5O2. The Balaban J connectivity index is 1.76. The van der Waals surface area contributed by atoms with E-state index >= 15 is 0 Å². The first-order chi connectivity index (χ1) is 15.7. The van der Waals surface area contributed by atoms with Crippen molar-refractivity contribution in [2.75, 3.05) is 30.8 Å². The molecule has 0 radical (unpaired) electrons. The lowest BCUT2D eigenvalue weighted by atomic mass is 10.1. The van der Waals surface area contributed by atoms with Crippen LogP contribution >= 0.6 is 11.6 Å². The normalized spacial score (nSPS) is 16.1. The molecule has 1 aromatic heterocycles. The van der Waals surface area contributed by atoms with Crippen LogP contribution in [0.1, 0.15) is 6.42 Å². The highest BCUT2D eigenvalue weighted by Crippen LogP contribution is 2.36. The SMILES string of the molecule is C=C(F)C(=O)Nc1cc2c(Nc3ccc(F)c(Cl)c3F)ncnc2cc1O[C@@H]1CCN(C)C1. The molecule has 0 unspecified atom stereocenters. The Hall–Kier alpha value is -3.37. The summed E-state index contributed by atoms with van der Waals surface area (Å²) in [6, 6.07) is 5.25. The van der Waals surface area contributed by atoms with Crippen molar-refractivity contribution < 1.29 is 22.7 Å². The Morgan fingerprint density at radius 1 is 1.27 bits per heavy atom. The fraction of sp³-hybridized carbons (Fsp3) is 0.227. The van der Waals surface area contributed by atoms with Gasteiger partial charge in [0.25, 0.3) is 5.91 Å². The van der Waals surface area contributed by atoms with Crippen LogP contribution in [0.5, 0.6) is 5.75 Å².